The summed E-state index contributed by atoms with van der Waals surface area (Å²) in [6.45, 7) is 6.72. The maximum atomic E-state index is 10.8. The quantitative estimate of drug-likeness (QED) is 0.661. The number of aromatic nitrogens is 2. The number of nitro groups is 1. The molecule has 0 aliphatic rings. The van der Waals surface area contributed by atoms with Crippen molar-refractivity contribution in [3.63, 3.8) is 0 Å². The van der Waals surface area contributed by atoms with Crippen molar-refractivity contribution in [3.8, 4) is 0 Å². The lowest BCUT2D eigenvalue weighted by Crippen LogP contribution is -2.08. The van der Waals surface area contributed by atoms with Crippen molar-refractivity contribution in [3.05, 3.63) is 21.6 Å². The highest BCUT2D eigenvalue weighted by Gasteiger charge is 2.25. The van der Waals surface area contributed by atoms with Gasteiger partial charge >= 0.3 is 5.69 Å². The fourth-order valence-electron chi connectivity index (χ4n) is 1.24. The first kappa shape index (κ1) is 12.0. The Hall–Kier alpha value is -1.11. The molecule has 0 aliphatic carbocycles. The third kappa shape index (κ3) is 2.47. The van der Waals surface area contributed by atoms with Gasteiger partial charge in [0.2, 0.25) is 10.4 Å². The molecule has 0 aromatic carbocycles. The molecule has 1 N–H and O–H groups in total. The fourth-order valence-corrected chi connectivity index (χ4v) is 1.76. The molecule has 1 rings (SSSR count). The van der Waals surface area contributed by atoms with Gasteiger partial charge in [0.25, 0.3) is 0 Å². The molecule has 0 spiro atoms. The van der Waals surface area contributed by atoms with Crippen molar-refractivity contribution in [1.82, 2.24) is 9.78 Å². The van der Waals surface area contributed by atoms with E-state index in [1.54, 1.807) is 4.68 Å². The van der Waals surface area contributed by atoms with Crippen molar-refractivity contribution in [1.29, 1.82) is 0 Å². The summed E-state index contributed by atoms with van der Waals surface area (Å²) in [5.74, 6) is 0.429. The average molecular weight is 276 g/mol. The van der Waals surface area contributed by atoms with E-state index in [0.717, 1.165) is 0 Å². The van der Waals surface area contributed by atoms with E-state index in [1.807, 2.05) is 6.92 Å². The number of hydrogen-bond donors (Lipinski definition) is 1. The zero-order valence-electron chi connectivity index (χ0n) is 8.36. The molecule has 0 fully saturated rings. The number of anilines is 1. The number of hydrogen-bond acceptors (Lipinski definition) is 4. The van der Waals surface area contributed by atoms with Gasteiger partial charge in [-0.05, 0) is 29.3 Å². The summed E-state index contributed by atoms with van der Waals surface area (Å²) in [4.78, 5) is 10.4. The minimum atomic E-state index is -0.450. The number of rotatable bonds is 5. The number of halogens is 1. The second kappa shape index (κ2) is 5.11. The van der Waals surface area contributed by atoms with Crippen LogP contribution in [0.1, 0.15) is 13.3 Å². The topological polar surface area (TPSA) is 73.0 Å². The third-order valence-electron chi connectivity index (χ3n) is 1.78. The minimum Gasteiger partial charge on any atom is -0.365 e. The normalized spacial score (nSPS) is 10.3. The van der Waals surface area contributed by atoms with Gasteiger partial charge in [-0.15, -0.1) is 0 Å². The van der Waals surface area contributed by atoms with Gasteiger partial charge in [-0.2, -0.15) is 5.10 Å². The van der Waals surface area contributed by atoms with Crippen molar-refractivity contribution in [2.45, 2.75) is 19.9 Å². The average Bonchev–Trinajstić information content (AvgIpc) is 2.44. The molecular weight excluding hydrogens is 264 g/mol. The first-order valence-corrected chi connectivity index (χ1v) is 5.34. The Labute approximate surface area is 95.9 Å². The van der Waals surface area contributed by atoms with Gasteiger partial charge in [0, 0.05) is 13.1 Å². The van der Waals surface area contributed by atoms with Crippen LogP contribution in [-0.4, -0.2) is 21.2 Å². The highest BCUT2D eigenvalue weighted by Crippen LogP contribution is 2.32. The molecule has 1 aromatic heterocycles. The van der Waals surface area contributed by atoms with Gasteiger partial charge in [0.1, 0.15) is 0 Å². The highest BCUT2D eigenvalue weighted by molar-refractivity contribution is 9.10. The molecule has 0 saturated carbocycles. The molecular formula is C8H12BrN4O2. The van der Waals surface area contributed by atoms with Crippen molar-refractivity contribution >= 4 is 27.4 Å². The minimum absolute atomic E-state index is 0.0229. The second-order valence-electron chi connectivity index (χ2n) is 2.85. The Kier molecular flexibility index (Phi) is 4.07. The SMILES string of the molecule is [CH2]CCn1nc(Br)c([N+](=O)[O-])c1NCC. The van der Waals surface area contributed by atoms with E-state index in [9.17, 15) is 10.1 Å². The summed E-state index contributed by atoms with van der Waals surface area (Å²) in [5, 5.41) is 17.8. The van der Waals surface area contributed by atoms with Gasteiger partial charge in [0.15, 0.2) is 0 Å². The Balaban J connectivity index is 3.17. The van der Waals surface area contributed by atoms with Crippen molar-refractivity contribution < 1.29 is 4.92 Å². The van der Waals surface area contributed by atoms with Crippen molar-refractivity contribution in [2.24, 2.45) is 0 Å². The second-order valence-corrected chi connectivity index (χ2v) is 3.60. The molecule has 0 unspecified atom stereocenters. The van der Waals surface area contributed by atoms with Crippen LogP contribution in [0.5, 0.6) is 0 Å². The molecule has 0 aliphatic heterocycles. The lowest BCUT2D eigenvalue weighted by atomic mass is 10.4. The standard InChI is InChI=1S/C8H12BrN4O2/c1-3-5-12-8(10-4-2)6(13(14)15)7(9)11-12/h10H,1,3-5H2,2H3. The Bertz CT molecular complexity index is 364. The van der Waals surface area contributed by atoms with Gasteiger partial charge in [-0.1, -0.05) is 6.92 Å². The molecule has 0 saturated heterocycles. The Morgan fingerprint density at radius 2 is 2.40 bits per heavy atom. The molecule has 6 nitrogen and oxygen atoms in total. The number of nitrogens with one attached hydrogen (secondary N) is 1. The van der Waals surface area contributed by atoms with Crippen LogP contribution in [0.25, 0.3) is 0 Å². The van der Waals surface area contributed by atoms with E-state index in [4.69, 9.17) is 0 Å². The first-order chi connectivity index (χ1) is 7.11. The van der Waals surface area contributed by atoms with Crippen LogP contribution in [0.3, 0.4) is 0 Å². The third-order valence-corrected chi connectivity index (χ3v) is 2.32. The summed E-state index contributed by atoms with van der Waals surface area (Å²) in [7, 11) is 0. The van der Waals surface area contributed by atoms with E-state index in [-0.39, 0.29) is 10.3 Å². The van der Waals surface area contributed by atoms with E-state index in [2.05, 4.69) is 33.3 Å². The summed E-state index contributed by atoms with van der Waals surface area (Å²) >= 11 is 3.07. The lowest BCUT2D eigenvalue weighted by Gasteiger charge is -2.05. The summed E-state index contributed by atoms with van der Waals surface area (Å²) in [5.41, 5.74) is -0.0229. The molecule has 83 valence electrons. The number of aryl methyl sites for hydroxylation is 1. The zero-order chi connectivity index (χ0) is 11.4. The van der Waals surface area contributed by atoms with Gasteiger partial charge in [-0.3, -0.25) is 10.1 Å². The maximum absolute atomic E-state index is 10.8. The molecule has 0 amide bonds. The van der Waals surface area contributed by atoms with Crippen LogP contribution in [-0.2, 0) is 6.54 Å². The molecule has 0 bridgehead atoms. The van der Waals surface area contributed by atoms with Crippen LogP contribution in [0.2, 0.25) is 0 Å². The molecule has 7 heteroatoms. The van der Waals surface area contributed by atoms with Crippen LogP contribution in [0.15, 0.2) is 4.60 Å². The van der Waals surface area contributed by atoms with Gasteiger partial charge in [-0.25, -0.2) is 4.68 Å². The van der Waals surface area contributed by atoms with E-state index in [0.29, 0.717) is 25.3 Å². The zero-order valence-corrected chi connectivity index (χ0v) is 9.95. The maximum Gasteiger partial charge on any atom is 0.345 e. The van der Waals surface area contributed by atoms with Crippen LogP contribution < -0.4 is 5.32 Å². The number of nitrogens with zero attached hydrogens (tertiary/aromatic N) is 3. The summed E-state index contributed by atoms with van der Waals surface area (Å²) in [6.07, 6.45) is 0.629. The Morgan fingerprint density at radius 3 is 2.87 bits per heavy atom. The summed E-state index contributed by atoms with van der Waals surface area (Å²) in [6, 6.07) is 0. The summed E-state index contributed by atoms with van der Waals surface area (Å²) < 4.78 is 1.80. The molecule has 1 radical (unpaired) electrons. The first-order valence-electron chi connectivity index (χ1n) is 4.55. The molecule has 1 heterocycles. The smallest absolute Gasteiger partial charge is 0.345 e. The van der Waals surface area contributed by atoms with Crippen LogP contribution >= 0.6 is 15.9 Å². The van der Waals surface area contributed by atoms with E-state index < -0.39 is 4.92 Å². The predicted molar refractivity (Wildman–Crippen MR) is 60.7 cm³/mol. The lowest BCUT2D eigenvalue weighted by molar-refractivity contribution is -0.384. The largest absolute Gasteiger partial charge is 0.365 e. The van der Waals surface area contributed by atoms with Crippen LogP contribution in [0.4, 0.5) is 11.5 Å². The van der Waals surface area contributed by atoms with Crippen LogP contribution in [0, 0.1) is 17.0 Å². The monoisotopic (exact) mass is 275 g/mol. The molecule has 15 heavy (non-hydrogen) atoms. The highest BCUT2D eigenvalue weighted by atomic mass is 79.9. The molecule has 1 aromatic rings. The van der Waals surface area contributed by atoms with Gasteiger partial charge in [0.05, 0.1) is 4.92 Å². The predicted octanol–water partition coefficient (Wildman–Crippen LogP) is 2.21. The van der Waals surface area contributed by atoms with Crippen molar-refractivity contribution in [2.75, 3.05) is 11.9 Å². The molecule has 0 atom stereocenters. The van der Waals surface area contributed by atoms with Gasteiger partial charge < -0.3 is 5.32 Å². The Morgan fingerprint density at radius 1 is 1.73 bits per heavy atom. The fraction of sp³-hybridized carbons (Fsp3) is 0.500. The van der Waals surface area contributed by atoms with E-state index >= 15 is 0 Å². The van der Waals surface area contributed by atoms with E-state index in [1.165, 1.54) is 0 Å².